The second-order valence-electron chi connectivity index (χ2n) is 4.00. The van der Waals surface area contributed by atoms with Crippen LogP contribution in [0.3, 0.4) is 0 Å². The minimum Gasteiger partial charge on any atom is -0.313 e. The van der Waals surface area contributed by atoms with Crippen LogP contribution in [0.25, 0.3) is 0 Å². The fourth-order valence-electron chi connectivity index (χ4n) is 1.08. The molecule has 0 saturated carbocycles. The molecular weight excluding hydrogens is 208 g/mol. The molecule has 1 atom stereocenters. The van der Waals surface area contributed by atoms with Crippen LogP contribution in [0, 0.1) is 5.92 Å². The fraction of sp³-hybridized carbons (Fsp3) is 0.800. The van der Waals surface area contributed by atoms with Crippen molar-refractivity contribution in [2.45, 2.75) is 32.0 Å². The Morgan fingerprint density at radius 2 is 2.20 bits per heavy atom. The number of aryl methyl sites for hydroxylation is 1. The molecule has 0 bridgehead atoms. The van der Waals surface area contributed by atoms with Gasteiger partial charge in [-0.1, -0.05) is 25.6 Å². The summed E-state index contributed by atoms with van der Waals surface area (Å²) < 4.78 is 1.80. The zero-order chi connectivity index (χ0) is 11.3. The summed E-state index contributed by atoms with van der Waals surface area (Å²) in [5, 5.41) is 8.49. The molecule has 0 radical (unpaired) electrons. The fourth-order valence-corrected chi connectivity index (χ4v) is 1.84. The maximum absolute atomic E-state index is 4.15. The molecule has 1 aromatic rings. The Bertz CT molecular complexity index is 285. The van der Waals surface area contributed by atoms with Gasteiger partial charge in [0.15, 0.2) is 5.16 Å². The Morgan fingerprint density at radius 3 is 2.73 bits per heavy atom. The number of hydrogen-bond acceptors (Lipinski definition) is 4. The zero-order valence-corrected chi connectivity index (χ0v) is 10.7. The highest BCUT2D eigenvalue weighted by Gasteiger charge is 2.06. The lowest BCUT2D eigenvalue weighted by Crippen LogP contribution is -2.32. The first-order chi connectivity index (χ1) is 7.11. The highest BCUT2D eigenvalue weighted by molar-refractivity contribution is 7.99. The molecule has 0 spiro atoms. The molecular formula is C10H20N4S. The van der Waals surface area contributed by atoms with Gasteiger partial charge in [0.05, 0.1) is 0 Å². The van der Waals surface area contributed by atoms with Crippen molar-refractivity contribution in [3.05, 3.63) is 6.33 Å². The van der Waals surface area contributed by atoms with Crippen molar-refractivity contribution in [1.82, 2.24) is 20.1 Å². The SMILES string of the molecule is CC(C)C(C)NCCSc1ncnn1C. The van der Waals surface area contributed by atoms with E-state index >= 15 is 0 Å². The van der Waals surface area contributed by atoms with Crippen LogP contribution in [0.2, 0.25) is 0 Å². The number of rotatable bonds is 6. The van der Waals surface area contributed by atoms with Crippen molar-refractivity contribution in [3.8, 4) is 0 Å². The maximum atomic E-state index is 4.15. The highest BCUT2D eigenvalue weighted by atomic mass is 32.2. The van der Waals surface area contributed by atoms with Gasteiger partial charge >= 0.3 is 0 Å². The molecule has 4 nitrogen and oxygen atoms in total. The van der Waals surface area contributed by atoms with Crippen molar-refractivity contribution in [2.75, 3.05) is 12.3 Å². The first kappa shape index (κ1) is 12.5. The molecule has 1 aromatic heterocycles. The van der Waals surface area contributed by atoms with Gasteiger partial charge in [-0.05, 0) is 12.8 Å². The first-order valence-electron chi connectivity index (χ1n) is 5.31. The lowest BCUT2D eigenvalue weighted by atomic mass is 10.1. The van der Waals surface area contributed by atoms with Crippen LogP contribution in [0.1, 0.15) is 20.8 Å². The van der Waals surface area contributed by atoms with Crippen molar-refractivity contribution in [1.29, 1.82) is 0 Å². The smallest absolute Gasteiger partial charge is 0.185 e. The summed E-state index contributed by atoms with van der Waals surface area (Å²) in [7, 11) is 1.92. The molecule has 5 heteroatoms. The third-order valence-corrected chi connectivity index (χ3v) is 3.51. The molecule has 0 aromatic carbocycles. The van der Waals surface area contributed by atoms with Crippen molar-refractivity contribution in [3.63, 3.8) is 0 Å². The van der Waals surface area contributed by atoms with E-state index in [4.69, 9.17) is 0 Å². The summed E-state index contributed by atoms with van der Waals surface area (Å²) in [5.74, 6) is 1.72. The molecule has 86 valence electrons. The van der Waals surface area contributed by atoms with Crippen molar-refractivity contribution >= 4 is 11.8 Å². The van der Waals surface area contributed by atoms with Gasteiger partial charge in [0.25, 0.3) is 0 Å². The van der Waals surface area contributed by atoms with Crippen LogP contribution in [-0.2, 0) is 7.05 Å². The molecule has 0 fully saturated rings. The monoisotopic (exact) mass is 228 g/mol. The van der Waals surface area contributed by atoms with E-state index in [9.17, 15) is 0 Å². The summed E-state index contributed by atoms with van der Waals surface area (Å²) in [4.78, 5) is 4.15. The summed E-state index contributed by atoms with van der Waals surface area (Å²) >= 11 is 1.73. The Hall–Kier alpha value is -0.550. The van der Waals surface area contributed by atoms with Crippen LogP contribution < -0.4 is 5.32 Å². The average Bonchev–Trinajstić information content (AvgIpc) is 2.58. The van der Waals surface area contributed by atoms with Gasteiger partial charge in [-0.3, -0.25) is 0 Å². The van der Waals surface area contributed by atoms with E-state index in [1.165, 1.54) is 0 Å². The minimum absolute atomic E-state index is 0.574. The van der Waals surface area contributed by atoms with Crippen molar-refractivity contribution in [2.24, 2.45) is 13.0 Å². The number of nitrogens with zero attached hydrogens (tertiary/aromatic N) is 3. The van der Waals surface area contributed by atoms with Crippen LogP contribution >= 0.6 is 11.8 Å². The summed E-state index contributed by atoms with van der Waals surface area (Å²) in [5.41, 5.74) is 0. The lowest BCUT2D eigenvalue weighted by molar-refractivity contribution is 0.438. The maximum Gasteiger partial charge on any atom is 0.185 e. The quantitative estimate of drug-likeness (QED) is 0.592. The van der Waals surface area contributed by atoms with E-state index in [0.717, 1.165) is 17.5 Å². The van der Waals surface area contributed by atoms with E-state index in [1.807, 2.05) is 7.05 Å². The second kappa shape index (κ2) is 6.12. The Labute approximate surface area is 95.9 Å². The van der Waals surface area contributed by atoms with Gasteiger partial charge in [-0.15, -0.1) is 0 Å². The Morgan fingerprint density at radius 1 is 1.47 bits per heavy atom. The molecule has 1 rings (SSSR count). The third kappa shape index (κ3) is 4.22. The number of nitrogens with one attached hydrogen (secondary N) is 1. The predicted octanol–water partition coefficient (Wildman–Crippen LogP) is 1.54. The lowest BCUT2D eigenvalue weighted by Gasteiger charge is -2.16. The van der Waals surface area contributed by atoms with E-state index < -0.39 is 0 Å². The predicted molar refractivity (Wildman–Crippen MR) is 64.0 cm³/mol. The molecule has 15 heavy (non-hydrogen) atoms. The molecule has 1 unspecified atom stereocenters. The summed E-state index contributed by atoms with van der Waals surface area (Å²) in [6, 6.07) is 0.574. The van der Waals surface area contributed by atoms with Crippen LogP contribution in [0.4, 0.5) is 0 Å². The van der Waals surface area contributed by atoms with Gasteiger partial charge in [-0.2, -0.15) is 5.10 Å². The minimum atomic E-state index is 0.574. The van der Waals surface area contributed by atoms with Crippen LogP contribution in [-0.4, -0.2) is 33.1 Å². The molecule has 0 amide bonds. The van der Waals surface area contributed by atoms with E-state index in [0.29, 0.717) is 12.0 Å². The van der Waals surface area contributed by atoms with Gasteiger partial charge < -0.3 is 5.32 Å². The average molecular weight is 228 g/mol. The highest BCUT2D eigenvalue weighted by Crippen LogP contribution is 2.11. The van der Waals surface area contributed by atoms with Crippen LogP contribution in [0.5, 0.6) is 0 Å². The van der Waals surface area contributed by atoms with E-state index in [1.54, 1.807) is 22.8 Å². The molecule has 0 aliphatic heterocycles. The molecule has 0 aliphatic carbocycles. The number of aromatic nitrogens is 3. The number of thioether (sulfide) groups is 1. The van der Waals surface area contributed by atoms with Gasteiger partial charge in [0.2, 0.25) is 0 Å². The molecule has 1 heterocycles. The topological polar surface area (TPSA) is 42.7 Å². The zero-order valence-electron chi connectivity index (χ0n) is 9.90. The summed E-state index contributed by atoms with van der Waals surface area (Å²) in [6.07, 6.45) is 1.59. The van der Waals surface area contributed by atoms with Crippen LogP contribution in [0.15, 0.2) is 11.5 Å². The van der Waals surface area contributed by atoms with E-state index in [2.05, 4.69) is 36.2 Å². The number of hydrogen-bond donors (Lipinski definition) is 1. The second-order valence-corrected chi connectivity index (χ2v) is 5.06. The third-order valence-electron chi connectivity index (χ3n) is 2.47. The largest absolute Gasteiger partial charge is 0.313 e. The first-order valence-corrected chi connectivity index (χ1v) is 6.30. The van der Waals surface area contributed by atoms with Gasteiger partial charge in [0, 0.05) is 25.4 Å². The van der Waals surface area contributed by atoms with Crippen molar-refractivity contribution < 1.29 is 0 Å². The van der Waals surface area contributed by atoms with Gasteiger partial charge in [0.1, 0.15) is 6.33 Å². The summed E-state index contributed by atoms with van der Waals surface area (Å²) in [6.45, 7) is 7.69. The Kier molecular flexibility index (Phi) is 5.11. The normalized spacial score (nSPS) is 13.4. The Balaban J connectivity index is 2.15. The van der Waals surface area contributed by atoms with E-state index in [-0.39, 0.29) is 0 Å². The van der Waals surface area contributed by atoms with Gasteiger partial charge in [-0.25, -0.2) is 9.67 Å². The molecule has 0 aliphatic rings. The molecule has 0 saturated heterocycles. The standard InChI is InChI=1S/C10H20N4S/c1-8(2)9(3)11-5-6-15-10-12-7-13-14(10)4/h7-9,11H,5-6H2,1-4H3. The molecule has 1 N–H and O–H groups in total.